The first-order valence-electron chi connectivity index (χ1n) is 5.03. The Bertz CT molecular complexity index is 782. The number of nitrogens with one attached hydrogen (secondary N) is 1. The molecule has 0 atom stereocenters. The quantitative estimate of drug-likeness (QED) is 0.730. The molecule has 18 heavy (non-hydrogen) atoms. The molecule has 0 saturated carbocycles. The van der Waals surface area contributed by atoms with Crippen molar-refractivity contribution in [1.82, 2.24) is 19.7 Å². The van der Waals surface area contributed by atoms with E-state index in [2.05, 4.69) is 15.2 Å². The fourth-order valence-electron chi connectivity index (χ4n) is 1.71. The summed E-state index contributed by atoms with van der Waals surface area (Å²) in [6.45, 7) is 0. The molecule has 2 heterocycles. The van der Waals surface area contributed by atoms with E-state index in [4.69, 9.17) is 11.6 Å². The summed E-state index contributed by atoms with van der Waals surface area (Å²) in [6.07, 6.45) is 2.83. The summed E-state index contributed by atoms with van der Waals surface area (Å²) >= 11 is 5.84. The lowest BCUT2D eigenvalue weighted by molar-refractivity contribution is 0.629. The normalized spacial score (nSPS) is 11.0. The molecular formula is C11H6ClFN4O. The molecule has 3 aromatic rings. The van der Waals surface area contributed by atoms with E-state index in [1.807, 2.05) is 0 Å². The zero-order valence-electron chi connectivity index (χ0n) is 8.89. The van der Waals surface area contributed by atoms with Gasteiger partial charge in [0.15, 0.2) is 0 Å². The van der Waals surface area contributed by atoms with Crippen LogP contribution in [-0.4, -0.2) is 19.7 Å². The number of aromatic nitrogens is 4. The predicted molar refractivity (Wildman–Crippen MR) is 64.5 cm³/mol. The van der Waals surface area contributed by atoms with Crippen molar-refractivity contribution >= 4 is 22.5 Å². The van der Waals surface area contributed by atoms with E-state index in [1.165, 1.54) is 17.1 Å². The molecule has 0 unspecified atom stereocenters. The molecule has 0 spiro atoms. The third-order valence-electron chi connectivity index (χ3n) is 2.53. The lowest BCUT2D eigenvalue weighted by atomic mass is 10.2. The molecule has 0 saturated heterocycles. The van der Waals surface area contributed by atoms with Crippen molar-refractivity contribution in [3.05, 3.63) is 51.9 Å². The fraction of sp³-hybridized carbons (Fsp3) is 0. The van der Waals surface area contributed by atoms with Crippen molar-refractivity contribution in [3.63, 3.8) is 0 Å². The maximum absolute atomic E-state index is 13.3. The van der Waals surface area contributed by atoms with E-state index in [1.54, 1.807) is 6.07 Å². The number of aromatic amines is 1. The van der Waals surface area contributed by atoms with Crippen LogP contribution in [0.3, 0.4) is 0 Å². The molecule has 0 aliphatic heterocycles. The minimum atomic E-state index is -0.575. The molecule has 0 fully saturated rings. The van der Waals surface area contributed by atoms with Crippen LogP contribution in [0.4, 0.5) is 4.39 Å². The first kappa shape index (κ1) is 10.9. The third kappa shape index (κ3) is 1.58. The lowest BCUT2D eigenvalue weighted by Crippen LogP contribution is -2.19. The molecule has 90 valence electrons. The number of hydrogen-bond donors (Lipinski definition) is 1. The third-order valence-corrected chi connectivity index (χ3v) is 2.81. The van der Waals surface area contributed by atoms with E-state index in [-0.39, 0.29) is 15.9 Å². The molecule has 1 N–H and O–H groups in total. The molecule has 0 radical (unpaired) electrons. The molecule has 0 aliphatic carbocycles. The SMILES string of the molecule is O=c1c2cc(F)cc(Cl)c2ncn1-c1ccn[nH]1. The van der Waals surface area contributed by atoms with E-state index >= 15 is 0 Å². The molecule has 1 aromatic carbocycles. The zero-order chi connectivity index (χ0) is 12.7. The largest absolute Gasteiger partial charge is 0.268 e. The molecule has 0 amide bonds. The van der Waals surface area contributed by atoms with Gasteiger partial charge in [-0.15, -0.1) is 0 Å². The minimum absolute atomic E-state index is 0.110. The van der Waals surface area contributed by atoms with Crippen molar-refractivity contribution < 1.29 is 4.39 Å². The Hall–Kier alpha value is -2.21. The zero-order valence-corrected chi connectivity index (χ0v) is 9.65. The highest BCUT2D eigenvalue weighted by atomic mass is 35.5. The predicted octanol–water partition coefficient (Wildman–Crippen LogP) is 1.90. The summed E-state index contributed by atoms with van der Waals surface area (Å²) in [6, 6.07) is 3.84. The minimum Gasteiger partial charge on any atom is -0.268 e. The van der Waals surface area contributed by atoms with Gasteiger partial charge in [-0.2, -0.15) is 5.10 Å². The van der Waals surface area contributed by atoms with Gasteiger partial charge in [0, 0.05) is 6.07 Å². The molecule has 7 heteroatoms. The molecule has 5 nitrogen and oxygen atoms in total. The fourth-order valence-corrected chi connectivity index (χ4v) is 1.97. The van der Waals surface area contributed by atoms with Gasteiger partial charge in [-0.05, 0) is 12.1 Å². The second-order valence-electron chi connectivity index (χ2n) is 3.65. The summed E-state index contributed by atoms with van der Waals surface area (Å²) in [5, 5.41) is 6.61. The van der Waals surface area contributed by atoms with Crippen LogP contribution in [-0.2, 0) is 0 Å². The molecular weight excluding hydrogens is 259 g/mol. The van der Waals surface area contributed by atoms with Crippen LogP contribution in [0.2, 0.25) is 5.02 Å². The van der Waals surface area contributed by atoms with E-state index < -0.39 is 11.4 Å². The Morgan fingerprint density at radius 3 is 2.94 bits per heavy atom. The monoisotopic (exact) mass is 264 g/mol. The van der Waals surface area contributed by atoms with Gasteiger partial charge >= 0.3 is 0 Å². The Balaban J connectivity index is 2.40. The first-order valence-corrected chi connectivity index (χ1v) is 5.41. The average Bonchev–Trinajstić information content (AvgIpc) is 2.84. The van der Waals surface area contributed by atoms with Gasteiger partial charge in [0.25, 0.3) is 5.56 Å². The highest BCUT2D eigenvalue weighted by Gasteiger charge is 2.10. The molecule has 0 aliphatic rings. The van der Waals surface area contributed by atoms with Gasteiger partial charge in [-0.3, -0.25) is 14.5 Å². The molecule has 3 rings (SSSR count). The van der Waals surface area contributed by atoms with Gasteiger partial charge < -0.3 is 0 Å². The first-order chi connectivity index (χ1) is 8.66. The number of fused-ring (bicyclic) bond motifs is 1. The maximum Gasteiger partial charge on any atom is 0.267 e. The van der Waals surface area contributed by atoms with Crippen LogP contribution in [0.15, 0.2) is 35.5 Å². The van der Waals surface area contributed by atoms with E-state index in [9.17, 15) is 9.18 Å². The van der Waals surface area contributed by atoms with Crippen molar-refractivity contribution in [3.8, 4) is 5.82 Å². The molecule has 2 aromatic heterocycles. The number of benzene rings is 1. The number of halogens is 2. The average molecular weight is 265 g/mol. The Kier molecular flexibility index (Phi) is 2.38. The van der Waals surface area contributed by atoms with Crippen LogP contribution in [0.1, 0.15) is 0 Å². The topological polar surface area (TPSA) is 63.6 Å². The van der Waals surface area contributed by atoms with Gasteiger partial charge in [0.05, 0.1) is 22.1 Å². The number of H-pyrrole nitrogens is 1. The van der Waals surface area contributed by atoms with Crippen molar-refractivity contribution in [2.45, 2.75) is 0 Å². The summed E-state index contributed by atoms with van der Waals surface area (Å²) in [5.74, 6) is -0.122. The number of nitrogens with zero attached hydrogens (tertiary/aromatic N) is 3. The van der Waals surface area contributed by atoms with E-state index in [0.29, 0.717) is 5.82 Å². The summed E-state index contributed by atoms with van der Waals surface area (Å²) in [5.41, 5.74) is -0.135. The Labute approximate surface area is 105 Å². The summed E-state index contributed by atoms with van der Waals surface area (Å²) in [7, 11) is 0. The van der Waals surface area contributed by atoms with E-state index in [0.717, 1.165) is 12.1 Å². The van der Waals surface area contributed by atoms with Gasteiger partial charge in [-0.1, -0.05) is 11.6 Å². The van der Waals surface area contributed by atoms with Crippen molar-refractivity contribution in [2.75, 3.05) is 0 Å². The second kappa shape index (κ2) is 3.92. The number of hydrogen-bond acceptors (Lipinski definition) is 3. The van der Waals surface area contributed by atoms with Crippen LogP contribution >= 0.6 is 11.6 Å². The van der Waals surface area contributed by atoms with Crippen LogP contribution in [0.5, 0.6) is 0 Å². The highest BCUT2D eigenvalue weighted by Crippen LogP contribution is 2.20. The number of rotatable bonds is 1. The van der Waals surface area contributed by atoms with Crippen LogP contribution < -0.4 is 5.56 Å². The van der Waals surface area contributed by atoms with Crippen molar-refractivity contribution in [2.24, 2.45) is 0 Å². The van der Waals surface area contributed by atoms with Crippen LogP contribution in [0, 0.1) is 5.82 Å². The smallest absolute Gasteiger partial charge is 0.267 e. The van der Waals surface area contributed by atoms with Gasteiger partial charge in [0.1, 0.15) is 18.0 Å². The lowest BCUT2D eigenvalue weighted by Gasteiger charge is -2.04. The highest BCUT2D eigenvalue weighted by molar-refractivity contribution is 6.34. The Morgan fingerprint density at radius 1 is 1.39 bits per heavy atom. The van der Waals surface area contributed by atoms with Crippen molar-refractivity contribution in [1.29, 1.82) is 0 Å². The maximum atomic E-state index is 13.3. The second-order valence-corrected chi connectivity index (χ2v) is 4.05. The Morgan fingerprint density at radius 2 is 2.22 bits per heavy atom. The van der Waals surface area contributed by atoms with Gasteiger partial charge in [0.2, 0.25) is 0 Å². The summed E-state index contributed by atoms with van der Waals surface area (Å²) < 4.78 is 14.5. The van der Waals surface area contributed by atoms with Gasteiger partial charge in [-0.25, -0.2) is 9.37 Å². The van der Waals surface area contributed by atoms with Crippen LogP contribution in [0.25, 0.3) is 16.7 Å². The standard InChI is InChI=1S/C11H6ClFN4O/c12-8-4-6(13)3-7-10(8)14-5-17(11(7)18)9-1-2-15-16-9/h1-5H,(H,15,16). The summed E-state index contributed by atoms with van der Waals surface area (Å²) in [4.78, 5) is 16.2. The molecule has 0 bridgehead atoms.